The van der Waals surface area contributed by atoms with Crippen molar-refractivity contribution in [3.05, 3.63) is 76.0 Å². The van der Waals surface area contributed by atoms with Gasteiger partial charge in [0, 0.05) is 75.2 Å². The summed E-state index contributed by atoms with van der Waals surface area (Å²) in [5, 5.41) is 0. The van der Waals surface area contributed by atoms with E-state index in [1.807, 2.05) is 42.6 Å². The molecule has 0 spiro atoms. The molecule has 34 heavy (non-hydrogen) atoms. The number of nitrogens with zero attached hydrogens (tertiary/aromatic N) is 5. The van der Waals surface area contributed by atoms with Gasteiger partial charge in [-0.1, -0.05) is 6.92 Å². The summed E-state index contributed by atoms with van der Waals surface area (Å²) in [6.07, 6.45) is 4.49. The highest BCUT2D eigenvalue weighted by molar-refractivity contribution is 6.23. The van der Waals surface area contributed by atoms with Gasteiger partial charge < -0.3 is 9.88 Å². The van der Waals surface area contributed by atoms with Crippen molar-refractivity contribution in [3.63, 3.8) is 0 Å². The molecule has 9 heteroatoms. The summed E-state index contributed by atoms with van der Waals surface area (Å²) in [6.45, 7) is 6.52. The smallest absolute Gasteiger partial charge is 0.330 e. The van der Waals surface area contributed by atoms with Crippen LogP contribution in [-0.4, -0.2) is 62.8 Å². The number of piperazine rings is 1. The number of pyridine rings is 1. The SMILES string of the molecule is CCc1cc(C(=O)N(C)Cl)ccc1N1CCN(Cc2cnc3c(c2)[nH]c(=O)n2cccc32)CC1. The summed E-state index contributed by atoms with van der Waals surface area (Å²) in [5.74, 6) is -0.198. The van der Waals surface area contributed by atoms with Crippen molar-refractivity contribution in [2.75, 3.05) is 38.1 Å². The van der Waals surface area contributed by atoms with Crippen molar-refractivity contribution < 1.29 is 4.79 Å². The quantitative estimate of drug-likeness (QED) is 0.445. The van der Waals surface area contributed by atoms with E-state index in [9.17, 15) is 9.59 Å². The Morgan fingerprint density at radius 1 is 1.18 bits per heavy atom. The summed E-state index contributed by atoms with van der Waals surface area (Å²) in [6, 6.07) is 11.6. The summed E-state index contributed by atoms with van der Waals surface area (Å²) >= 11 is 5.83. The first-order valence-electron chi connectivity index (χ1n) is 11.5. The fourth-order valence-electron chi connectivity index (χ4n) is 4.71. The van der Waals surface area contributed by atoms with Crippen LogP contribution in [0.4, 0.5) is 5.69 Å². The van der Waals surface area contributed by atoms with Gasteiger partial charge in [0.15, 0.2) is 0 Å². The fraction of sp³-hybridized carbons (Fsp3) is 0.320. The lowest BCUT2D eigenvalue weighted by atomic mass is 10.0. The molecule has 5 rings (SSSR count). The van der Waals surface area contributed by atoms with E-state index in [2.05, 4.69) is 26.7 Å². The molecule has 1 fully saturated rings. The van der Waals surface area contributed by atoms with E-state index in [1.54, 1.807) is 17.6 Å². The minimum Gasteiger partial charge on any atom is -0.369 e. The van der Waals surface area contributed by atoms with E-state index in [0.29, 0.717) is 5.56 Å². The number of fused-ring (bicyclic) bond motifs is 3. The Kier molecular flexibility index (Phi) is 6.02. The number of hydrogen-bond donors (Lipinski definition) is 1. The van der Waals surface area contributed by atoms with E-state index in [4.69, 9.17) is 11.8 Å². The lowest BCUT2D eigenvalue weighted by molar-refractivity contribution is 0.0884. The number of carbonyl (C=O) groups excluding carboxylic acids is 1. The number of anilines is 1. The summed E-state index contributed by atoms with van der Waals surface area (Å²) in [7, 11) is 1.55. The predicted molar refractivity (Wildman–Crippen MR) is 135 cm³/mol. The van der Waals surface area contributed by atoms with E-state index in [1.165, 1.54) is 5.69 Å². The van der Waals surface area contributed by atoms with E-state index >= 15 is 0 Å². The van der Waals surface area contributed by atoms with E-state index in [0.717, 1.165) is 71.2 Å². The van der Waals surface area contributed by atoms with Crippen LogP contribution in [-0.2, 0) is 13.0 Å². The highest BCUT2D eigenvalue weighted by Crippen LogP contribution is 2.25. The second-order valence-corrected chi connectivity index (χ2v) is 9.18. The molecule has 0 unspecified atom stereocenters. The molecule has 1 saturated heterocycles. The fourth-order valence-corrected chi connectivity index (χ4v) is 4.81. The maximum atomic E-state index is 12.3. The van der Waals surface area contributed by atoms with Gasteiger partial charge in [-0.25, -0.2) is 4.79 Å². The second kappa shape index (κ2) is 9.12. The molecule has 1 aliphatic rings. The zero-order valence-corrected chi connectivity index (χ0v) is 20.0. The lowest BCUT2D eigenvalue weighted by Gasteiger charge is -2.37. The molecule has 8 nitrogen and oxygen atoms in total. The molecule has 1 aliphatic heterocycles. The minimum atomic E-state index is -0.198. The average Bonchev–Trinajstić information content (AvgIpc) is 3.34. The molecule has 4 heterocycles. The Labute approximate surface area is 202 Å². The third kappa shape index (κ3) is 4.15. The molecule has 176 valence electrons. The number of carbonyl (C=O) groups is 1. The van der Waals surface area contributed by atoms with Gasteiger partial charge in [0.05, 0.1) is 11.0 Å². The summed E-state index contributed by atoms with van der Waals surface area (Å²) in [4.78, 5) is 36.9. The number of aromatic amines is 1. The number of H-pyrrole nitrogens is 1. The molecule has 0 saturated carbocycles. The van der Waals surface area contributed by atoms with Crippen LogP contribution in [0.2, 0.25) is 0 Å². The number of halogens is 1. The van der Waals surface area contributed by atoms with Gasteiger partial charge in [0.25, 0.3) is 5.91 Å². The minimum absolute atomic E-state index is 0.155. The maximum Gasteiger partial charge on any atom is 0.330 e. The Morgan fingerprint density at radius 2 is 1.97 bits per heavy atom. The van der Waals surface area contributed by atoms with Crippen LogP contribution in [0.25, 0.3) is 16.6 Å². The summed E-state index contributed by atoms with van der Waals surface area (Å²) < 4.78 is 2.67. The number of aryl methyl sites for hydroxylation is 1. The van der Waals surface area contributed by atoms with Crippen LogP contribution in [0.1, 0.15) is 28.4 Å². The Morgan fingerprint density at radius 3 is 2.71 bits per heavy atom. The Bertz CT molecular complexity index is 1420. The molecule has 0 radical (unpaired) electrons. The number of nitrogens with one attached hydrogen (secondary N) is 1. The Hall–Kier alpha value is -3.36. The van der Waals surface area contributed by atoms with Crippen LogP contribution in [0.3, 0.4) is 0 Å². The van der Waals surface area contributed by atoms with Gasteiger partial charge in [-0.3, -0.25) is 23.5 Å². The standard InChI is InChI=1S/C25H27ClN6O2/c1-3-18-14-19(24(33)29(2)26)6-7-21(18)31-11-9-30(10-12-31)16-17-13-20-23(27-15-17)22-5-4-8-32(22)25(34)28-20/h4-8,13-15H,3,9-12,16H2,1-2H3,(H,28,34). The molecular formula is C25H27ClN6O2. The monoisotopic (exact) mass is 478 g/mol. The lowest BCUT2D eigenvalue weighted by Crippen LogP contribution is -2.46. The zero-order chi connectivity index (χ0) is 23.8. The normalized spacial score (nSPS) is 14.7. The topological polar surface area (TPSA) is 77.0 Å². The first kappa shape index (κ1) is 22.4. The number of aromatic nitrogens is 3. The molecule has 4 aromatic rings. The molecule has 0 aliphatic carbocycles. The Balaban J connectivity index is 1.28. The van der Waals surface area contributed by atoms with Gasteiger partial charge >= 0.3 is 5.69 Å². The predicted octanol–water partition coefficient (Wildman–Crippen LogP) is 3.29. The number of amides is 1. The molecule has 0 bridgehead atoms. The van der Waals surface area contributed by atoms with Gasteiger partial charge in [0.1, 0.15) is 5.52 Å². The molecule has 1 amide bonds. The van der Waals surface area contributed by atoms with Gasteiger partial charge in [-0.2, -0.15) is 0 Å². The average molecular weight is 479 g/mol. The van der Waals surface area contributed by atoms with Crippen molar-refractivity contribution in [2.24, 2.45) is 0 Å². The van der Waals surface area contributed by atoms with Crippen molar-refractivity contribution >= 4 is 39.9 Å². The van der Waals surface area contributed by atoms with Crippen LogP contribution < -0.4 is 10.6 Å². The summed E-state index contributed by atoms with van der Waals surface area (Å²) in [5.41, 5.74) is 6.23. The van der Waals surface area contributed by atoms with Gasteiger partial charge in [-0.05, 0) is 53.9 Å². The van der Waals surface area contributed by atoms with Crippen molar-refractivity contribution in [1.82, 2.24) is 23.7 Å². The highest BCUT2D eigenvalue weighted by Gasteiger charge is 2.21. The zero-order valence-electron chi connectivity index (χ0n) is 19.3. The molecule has 1 N–H and O–H groups in total. The largest absolute Gasteiger partial charge is 0.369 e. The first-order chi connectivity index (χ1) is 16.4. The van der Waals surface area contributed by atoms with Crippen LogP contribution in [0, 0.1) is 0 Å². The highest BCUT2D eigenvalue weighted by atomic mass is 35.5. The first-order valence-corrected chi connectivity index (χ1v) is 11.8. The number of benzene rings is 1. The molecular weight excluding hydrogens is 452 g/mol. The number of hydrogen-bond acceptors (Lipinski definition) is 5. The van der Waals surface area contributed by atoms with Crippen LogP contribution in [0.5, 0.6) is 0 Å². The van der Waals surface area contributed by atoms with Crippen LogP contribution >= 0.6 is 11.8 Å². The molecule has 3 aromatic heterocycles. The van der Waals surface area contributed by atoms with Crippen molar-refractivity contribution in [1.29, 1.82) is 0 Å². The van der Waals surface area contributed by atoms with E-state index < -0.39 is 0 Å². The third-order valence-corrected chi connectivity index (χ3v) is 6.66. The van der Waals surface area contributed by atoms with Gasteiger partial charge in [0.2, 0.25) is 0 Å². The van der Waals surface area contributed by atoms with Gasteiger partial charge in [-0.15, -0.1) is 0 Å². The molecule has 0 atom stereocenters. The van der Waals surface area contributed by atoms with Crippen molar-refractivity contribution in [2.45, 2.75) is 19.9 Å². The second-order valence-electron chi connectivity index (χ2n) is 8.68. The van der Waals surface area contributed by atoms with Crippen LogP contribution in [0.15, 0.2) is 53.6 Å². The van der Waals surface area contributed by atoms with E-state index in [-0.39, 0.29) is 11.6 Å². The maximum absolute atomic E-state index is 12.3. The third-order valence-electron chi connectivity index (χ3n) is 6.50. The van der Waals surface area contributed by atoms with Crippen molar-refractivity contribution in [3.8, 4) is 0 Å². The molecule has 1 aromatic carbocycles. The number of rotatable bonds is 5.